The van der Waals surface area contributed by atoms with E-state index in [4.69, 9.17) is 24.8 Å². The van der Waals surface area contributed by atoms with Crippen LogP contribution in [-0.2, 0) is 9.47 Å². The van der Waals surface area contributed by atoms with Crippen molar-refractivity contribution < 1.29 is 24.8 Å². The third-order valence-electron chi connectivity index (χ3n) is 0.948. The summed E-state index contributed by atoms with van der Waals surface area (Å²) in [6.07, 6.45) is 0. The van der Waals surface area contributed by atoms with E-state index in [1.165, 1.54) is 0 Å². The molecule has 0 aromatic rings. The van der Waals surface area contributed by atoms with E-state index in [2.05, 4.69) is 0 Å². The average Bonchev–Trinajstić information content (AvgIpc) is 2.28. The molecule has 0 radical (unpaired) electrons. The Morgan fingerprint density at radius 2 is 1.07 bits per heavy atom. The predicted octanol–water partition coefficient (Wildman–Crippen LogP) is 0.0290. The Morgan fingerprint density at radius 3 is 1.13 bits per heavy atom. The zero-order valence-electron chi connectivity index (χ0n) is 10.1. The number of ether oxygens (including phenoxy) is 2. The quantitative estimate of drug-likeness (QED) is 0.557. The molecule has 0 unspecified atom stereocenters. The Balaban J connectivity index is -0.000000147. The lowest BCUT2D eigenvalue weighted by Gasteiger charge is -1.91. The van der Waals surface area contributed by atoms with Crippen LogP contribution in [0.2, 0.25) is 0 Å². The molecule has 0 aliphatic heterocycles. The average molecular weight is 226 g/mol. The first-order valence-corrected chi connectivity index (χ1v) is 5.22. The first-order chi connectivity index (χ1) is 7.24. The summed E-state index contributed by atoms with van der Waals surface area (Å²) < 4.78 is 9.57. The third kappa shape index (κ3) is 57.1. The Morgan fingerprint density at radius 1 is 0.667 bits per heavy atom. The first kappa shape index (κ1) is 20.2. The highest BCUT2D eigenvalue weighted by Crippen LogP contribution is 1.66. The fourth-order valence-electron chi connectivity index (χ4n) is 0.413. The minimum absolute atomic E-state index is 0.125. The van der Waals surface area contributed by atoms with E-state index in [1.54, 1.807) is 0 Å². The van der Waals surface area contributed by atoms with Gasteiger partial charge in [-0.15, -0.1) is 0 Å². The van der Waals surface area contributed by atoms with Gasteiger partial charge in [0.1, 0.15) is 0 Å². The van der Waals surface area contributed by atoms with E-state index in [9.17, 15) is 0 Å². The maximum absolute atomic E-state index is 8.07. The van der Waals surface area contributed by atoms with Gasteiger partial charge in [-0.1, -0.05) is 0 Å². The molecule has 0 spiro atoms. The van der Waals surface area contributed by atoms with E-state index in [1.807, 2.05) is 20.8 Å². The highest BCUT2D eigenvalue weighted by molar-refractivity contribution is 4.18. The third-order valence-corrected chi connectivity index (χ3v) is 0.948. The van der Waals surface area contributed by atoms with Crippen molar-refractivity contribution >= 4 is 0 Å². The smallest absolute Gasteiger partial charge is 0.0697 e. The number of hydrogen-bond donors (Lipinski definition) is 3. The molecule has 0 aromatic carbocycles. The van der Waals surface area contributed by atoms with Gasteiger partial charge in [-0.25, -0.2) is 0 Å². The maximum Gasteiger partial charge on any atom is 0.0697 e. The van der Waals surface area contributed by atoms with Gasteiger partial charge in [0.25, 0.3) is 0 Å². The van der Waals surface area contributed by atoms with Gasteiger partial charge in [0, 0.05) is 19.8 Å². The van der Waals surface area contributed by atoms with Crippen LogP contribution >= 0.6 is 0 Å². The van der Waals surface area contributed by atoms with Crippen LogP contribution in [-0.4, -0.2) is 61.6 Å². The van der Waals surface area contributed by atoms with Crippen LogP contribution in [0.25, 0.3) is 0 Å². The molecule has 0 aromatic heterocycles. The van der Waals surface area contributed by atoms with Gasteiger partial charge >= 0.3 is 0 Å². The van der Waals surface area contributed by atoms with Crippen molar-refractivity contribution in [3.05, 3.63) is 0 Å². The molecule has 0 aliphatic rings. The zero-order valence-corrected chi connectivity index (χ0v) is 10.1. The normalized spacial score (nSPS) is 8.40. The van der Waals surface area contributed by atoms with Gasteiger partial charge in [0.2, 0.25) is 0 Å². The van der Waals surface area contributed by atoms with Crippen molar-refractivity contribution in [1.29, 1.82) is 0 Å². The van der Waals surface area contributed by atoms with Gasteiger partial charge in [0.05, 0.1) is 26.4 Å². The topological polar surface area (TPSA) is 79.2 Å². The molecule has 0 bridgehead atoms. The molecule has 0 heterocycles. The van der Waals surface area contributed by atoms with Crippen LogP contribution in [0.3, 0.4) is 0 Å². The molecule has 0 aliphatic carbocycles. The minimum atomic E-state index is -0.125. The van der Waals surface area contributed by atoms with Crippen molar-refractivity contribution in [1.82, 2.24) is 0 Å². The molecule has 0 atom stereocenters. The summed E-state index contributed by atoms with van der Waals surface area (Å²) in [6, 6.07) is 0. The highest BCUT2D eigenvalue weighted by Gasteiger charge is 1.73. The Kier molecular flexibility index (Phi) is 39.4. The first-order valence-electron chi connectivity index (χ1n) is 5.22. The van der Waals surface area contributed by atoms with Crippen molar-refractivity contribution in [3.63, 3.8) is 0 Å². The van der Waals surface area contributed by atoms with Crippen LogP contribution < -0.4 is 0 Å². The van der Waals surface area contributed by atoms with E-state index >= 15 is 0 Å². The van der Waals surface area contributed by atoms with Crippen molar-refractivity contribution in [2.24, 2.45) is 0 Å². The molecule has 0 amide bonds. The highest BCUT2D eigenvalue weighted by atomic mass is 16.5. The van der Waals surface area contributed by atoms with Crippen molar-refractivity contribution in [3.8, 4) is 0 Å². The molecular weight excluding hydrogens is 200 g/mol. The maximum atomic E-state index is 8.07. The summed E-state index contributed by atoms with van der Waals surface area (Å²) in [7, 11) is 0. The lowest BCUT2D eigenvalue weighted by molar-refractivity contribution is 0.102. The molecule has 3 N–H and O–H groups in total. The van der Waals surface area contributed by atoms with Crippen LogP contribution in [0.1, 0.15) is 20.8 Å². The van der Waals surface area contributed by atoms with E-state index in [0.717, 1.165) is 13.2 Å². The molecule has 0 saturated carbocycles. The summed E-state index contributed by atoms with van der Waals surface area (Å²) in [4.78, 5) is 0. The standard InChI is InChI=1S/C4H10O2.C4H10O.C2H6O2/c1-2-6-4-3-5;1-3-5-4-2;3-1-2-4/h5H,2-4H2,1H3;3-4H2,1-2H3;3-4H,1-2H2. The zero-order chi connectivity index (χ0) is 12.4. The molecule has 5 nitrogen and oxygen atoms in total. The minimum Gasteiger partial charge on any atom is -0.394 e. The Bertz CT molecular complexity index is 62.8. The van der Waals surface area contributed by atoms with Crippen LogP contribution in [0, 0.1) is 0 Å². The van der Waals surface area contributed by atoms with Gasteiger partial charge in [-0.05, 0) is 20.8 Å². The molecule has 0 fully saturated rings. The number of aliphatic hydroxyl groups excluding tert-OH is 3. The summed E-state index contributed by atoms with van der Waals surface area (Å²) >= 11 is 0. The second kappa shape index (κ2) is 29.2. The van der Waals surface area contributed by atoms with Crippen LogP contribution in [0.15, 0.2) is 0 Å². The lowest BCUT2D eigenvalue weighted by Crippen LogP contribution is -1.96. The summed E-state index contributed by atoms with van der Waals surface area (Å²) in [5, 5.41) is 23.3. The molecular formula is C10H26O5. The molecule has 96 valence electrons. The SMILES string of the molecule is CCOCC.CCOCCO.OCCO. The van der Waals surface area contributed by atoms with E-state index in [-0.39, 0.29) is 19.8 Å². The summed E-state index contributed by atoms with van der Waals surface area (Å²) in [5.74, 6) is 0. The van der Waals surface area contributed by atoms with Crippen LogP contribution in [0.5, 0.6) is 0 Å². The second-order valence-electron chi connectivity index (χ2n) is 2.15. The molecule has 5 heteroatoms. The van der Waals surface area contributed by atoms with Gasteiger partial charge in [-0.3, -0.25) is 0 Å². The number of rotatable bonds is 6. The van der Waals surface area contributed by atoms with Gasteiger partial charge in [0.15, 0.2) is 0 Å². The molecule has 15 heavy (non-hydrogen) atoms. The van der Waals surface area contributed by atoms with E-state index in [0.29, 0.717) is 13.2 Å². The van der Waals surface area contributed by atoms with Gasteiger partial charge in [-0.2, -0.15) is 0 Å². The second-order valence-corrected chi connectivity index (χ2v) is 2.15. The van der Waals surface area contributed by atoms with Crippen molar-refractivity contribution in [2.75, 3.05) is 46.2 Å². The predicted molar refractivity (Wildman–Crippen MR) is 59.9 cm³/mol. The Labute approximate surface area is 92.6 Å². The molecule has 0 rings (SSSR count). The fraction of sp³-hybridized carbons (Fsp3) is 1.00. The largest absolute Gasteiger partial charge is 0.394 e. The fourth-order valence-corrected chi connectivity index (χ4v) is 0.413. The number of aliphatic hydroxyl groups is 3. The lowest BCUT2D eigenvalue weighted by atomic mass is 10.8. The monoisotopic (exact) mass is 226 g/mol. The Hall–Kier alpha value is -0.200. The number of hydrogen-bond acceptors (Lipinski definition) is 5. The summed E-state index contributed by atoms with van der Waals surface area (Å²) in [5.41, 5.74) is 0. The summed E-state index contributed by atoms with van der Waals surface area (Å²) in [6.45, 7) is 8.61. The van der Waals surface area contributed by atoms with E-state index < -0.39 is 0 Å². The van der Waals surface area contributed by atoms with Gasteiger partial charge < -0.3 is 24.8 Å². The molecule has 0 saturated heterocycles. The van der Waals surface area contributed by atoms with Crippen molar-refractivity contribution in [2.45, 2.75) is 20.8 Å². The van der Waals surface area contributed by atoms with Crippen LogP contribution in [0.4, 0.5) is 0 Å².